The minimum absolute atomic E-state index is 0.267. The third kappa shape index (κ3) is 3.29. The number of hydrogen-bond acceptors (Lipinski definition) is 1. The molecule has 1 N–H and O–H groups in total. The zero-order valence-electron chi connectivity index (χ0n) is 10.8. The molecule has 0 radical (unpaired) electrons. The van der Waals surface area contributed by atoms with Gasteiger partial charge in [-0.05, 0) is 43.3 Å². The second kappa shape index (κ2) is 6.53. The molecule has 0 aliphatic carbocycles. The van der Waals surface area contributed by atoms with Crippen LogP contribution in [0.5, 0.6) is 0 Å². The molecule has 0 heterocycles. The molecule has 5 heteroatoms. The number of benzene rings is 2. The van der Waals surface area contributed by atoms with Crippen LogP contribution in [0.1, 0.15) is 17.2 Å². The van der Waals surface area contributed by atoms with E-state index in [1.54, 1.807) is 19.2 Å². The molecule has 0 bridgehead atoms. The van der Waals surface area contributed by atoms with Crippen molar-refractivity contribution in [2.75, 3.05) is 7.05 Å². The van der Waals surface area contributed by atoms with Crippen LogP contribution in [0.15, 0.2) is 36.4 Å². The quantitative estimate of drug-likeness (QED) is 0.856. The van der Waals surface area contributed by atoms with E-state index >= 15 is 0 Å². The lowest BCUT2D eigenvalue weighted by molar-refractivity contribution is 0.523. The first-order chi connectivity index (χ1) is 9.52. The van der Waals surface area contributed by atoms with Gasteiger partial charge in [0, 0.05) is 11.6 Å². The third-order valence-electron chi connectivity index (χ3n) is 3.14. The molecule has 0 amide bonds. The molecule has 20 heavy (non-hydrogen) atoms. The Morgan fingerprint density at radius 3 is 2.60 bits per heavy atom. The zero-order chi connectivity index (χ0) is 14.7. The summed E-state index contributed by atoms with van der Waals surface area (Å²) in [5, 5.41) is 3.85. The zero-order valence-corrected chi connectivity index (χ0v) is 12.3. The van der Waals surface area contributed by atoms with E-state index in [1.807, 2.05) is 6.07 Å². The molecule has 1 atom stereocenters. The number of nitrogens with one attached hydrogen (secondary N) is 1. The molecular weight excluding hydrogens is 303 g/mol. The fourth-order valence-electron chi connectivity index (χ4n) is 2.08. The molecule has 0 aliphatic rings. The minimum Gasteiger partial charge on any atom is -0.313 e. The van der Waals surface area contributed by atoms with Gasteiger partial charge < -0.3 is 5.32 Å². The summed E-state index contributed by atoms with van der Waals surface area (Å²) in [4.78, 5) is 0. The van der Waals surface area contributed by atoms with Crippen LogP contribution in [0.3, 0.4) is 0 Å². The minimum atomic E-state index is -0.473. The van der Waals surface area contributed by atoms with E-state index in [1.165, 1.54) is 6.07 Å². The van der Waals surface area contributed by atoms with Crippen molar-refractivity contribution in [3.63, 3.8) is 0 Å². The Bertz CT molecular complexity index is 617. The van der Waals surface area contributed by atoms with Crippen LogP contribution in [-0.2, 0) is 6.42 Å². The number of hydrogen-bond donors (Lipinski definition) is 1. The van der Waals surface area contributed by atoms with Gasteiger partial charge in [-0.15, -0.1) is 0 Å². The van der Waals surface area contributed by atoms with Crippen molar-refractivity contribution in [2.24, 2.45) is 0 Å². The van der Waals surface area contributed by atoms with E-state index in [0.717, 1.165) is 17.7 Å². The Labute approximate surface area is 126 Å². The molecular formula is C15H13Cl2F2N. The summed E-state index contributed by atoms with van der Waals surface area (Å²) in [6.45, 7) is 0. The Hall–Kier alpha value is -1.16. The van der Waals surface area contributed by atoms with Gasteiger partial charge >= 0.3 is 0 Å². The van der Waals surface area contributed by atoms with Gasteiger partial charge in [0.1, 0.15) is 11.6 Å². The number of rotatable bonds is 4. The maximum absolute atomic E-state index is 13.8. The van der Waals surface area contributed by atoms with Gasteiger partial charge in [-0.2, -0.15) is 0 Å². The monoisotopic (exact) mass is 315 g/mol. The van der Waals surface area contributed by atoms with E-state index in [0.29, 0.717) is 16.5 Å². The second-order valence-electron chi connectivity index (χ2n) is 4.42. The lowest BCUT2D eigenvalue weighted by Crippen LogP contribution is -2.20. The van der Waals surface area contributed by atoms with Gasteiger partial charge in [0.15, 0.2) is 0 Å². The van der Waals surface area contributed by atoms with E-state index in [-0.39, 0.29) is 11.6 Å². The highest BCUT2D eigenvalue weighted by molar-refractivity contribution is 6.42. The summed E-state index contributed by atoms with van der Waals surface area (Å²) in [6.07, 6.45) is 0.413. The average Bonchev–Trinajstić information content (AvgIpc) is 2.43. The van der Waals surface area contributed by atoms with Crippen molar-refractivity contribution < 1.29 is 8.78 Å². The van der Waals surface area contributed by atoms with Crippen molar-refractivity contribution >= 4 is 23.2 Å². The SMILES string of the molecule is CNC(Cc1cccc(Cl)c1Cl)c1cc(F)ccc1F. The van der Waals surface area contributed by atoms with Crippen molar-refractivity contribution in [1.29, 1.82) is 0 Å². The molecule has 1 unspecified atom stereocenters. The molecule has 0 fully saturated rings. The summed E-state index contributed by atoms with van der Waals surface area (Å²) in [6, 6.07) is 8.29. The first-order valence-electron chi connectivity index (χ1n) is 6.08. The Morgan fingerprint density at radius 2 is 1.90 bits per heavy atom. The topological polar surface area (TPSA) is 12.0 Å². The molecule has 0 spiro atoms. The first-order valence-corrected chi connectivity index (χ1v) is 6.83. The van der Waals surface area contributed by atoms with Crippen LogP contribution in [0.25, 0.3) is 0 Å². The molecule has 1 nitrogen and oxygen atoms in total. The van der Waals surface area contributed by atoms with Gasteiger partial charge in [0.05, 0.1) is 10.0 Å². The molecule has 0 saturated carbocycles. The van der Waals surface area contributed by atoms with Crippen molar-refractivity contribution in [3.05, 3.63) is 69.2 Å². The summed E-state index contributed by atoms with van der Waals surface area (Å²) >= 11 is 12.1. The smallest absolute Gasteiger partial charge is 0.128 e. The van der Waals surface area contributed by atoms with Gasteiger partial charge in [-0.25, -0.2) is 8.78 Å². The van der Waals surface area contributed by atoms with Crippen LogP contribution < -0.4 is 5.32 Å². The number of halogens is 4. The van der Waals surface area contributed by atoms with Crippen molar-refractivity contribution in [3.8, 4) is 0 Å². The highest BCUT2D eigenvalue weighted by atomic mass is 35.5. The third-order valence-corrected chi connectivity index (χ3v) is 4.00. The fourth-order valence-corrected chi connectivity index (χ4v) is 2.47. The van der Waals surface area contributed by atoms with Gasteiger partial charge in [0.25, 0.3) is 0 Å². The van der Waals surface area contributed by atoms with E-state index in [2.05, 4.69) is 5.32 Å². The predicted molar refractivity (Wildman–Crippen MR) is 78.3 cm³/mol. The lowest BCUT2D eigenvalue weighted by Gasteiger charge is -2.18. The van der Waals surface area contributed by atoms with E-state index < -0.39 is 11.6 Å². The highest BCUT2D eigenvalue weighted by Gasteiger charge is 2.17. The Balaban J connectivity index is 2.34. The first kappa shape index (κ1) is 15.2. The highest BCUT2D eigenvalue weighted by Crippen LogP contribution is 2.30. The largest absolute Gasteiger partial charge is 0.313 e. The van der Waals surface area contributed by atoms with Crippen LogP contribution >= 0.6 is 23.2 Å². The van der Waals surface area contributed by atoms with Crippen LogP contribution in [-0.4, -0.2) is 7.05 Å². The Morgan fingerprint density at radius 1 is 1.15 bits per heavy atom. The van der Waals surface area contributed by atoms with Crippen LogP contribution in [0.2, 0.25) is 10.0 Å². The summed E-state index contributed by atoms with van der Waals surface area (Å²) in [7, 11) is 1.69. The maximum Gasteiger partial charge on any atom is 0.128 e. The van der Waals surface area contributed by atoms with Gasteiger partial charge in [-0.3, -0.25) is 0 Å². The lowest BCUT2D eigenvalue weighted by atomic mass is 9.98. The molecule has 2 rings (SSSR count). The molecule has 2 aromatic rings. The predicted octanol–water partition coefficient (Wildman–Crippen LogP) is 4.77. The maximum atomic E-state index is 13.8. The van der Waals surface area contributed by atoms with E-state index in [9.17, 15) is 8.78 Å². The van der Waals surface area contributed by atoms with Gasteiger partial charge in [-0.1, -0.05) is 35.3 Å². The Kier molecular flexibility index (Phi) is 4.97. The van der Waals surface area contributed by atoms with Crippen LogP contribution in [0, 0.1) is 11.6 Å². The molecule has 0 aromatic heterocycles. The van der Waals surface area contributed by atoms with Crippen LogP contribution in [0.4, 0.5) is 8.78 Å². The average molecular weight is 316 g/mol. The summed E-state index contributed by atoms with van der Waals surface area (Å²) < 4.78 is 27.1. The second-order valence-corrected chi connectivity index (χ2v) is 5.21. The summed E-state index contributed by atoms with van der Waals surface area (Å²) in [5.41, 5.74) is 1.05. The standard InChI is InChI=1S/C15H13Cl2F2N/c1-20-14(11-8-10(18)5-6-13(11)19)7-9-3-2-4-12(16)15(9)17/h2-6,8,14,20H,7H2,1H3. The summed E-state index contributed by atoms with van der Waals surface area (Å²) in [5.74, 6) is -0.928. The molecule has 2 aromatic carbocycles. The molecule has 0 saturated heterocycles. The van der Waals surface area contributed by atoms with Crippen molar-refractivity contribution in [2.45, 2.75) is 12.5 Å². The van der Waals surface area contributed by atoms with Crippen molar-refractivity contribution in [1.82, 2.24) is 5.32 Å². The fraction of sp³-hybridized carbons (Fsp3) is 0.200. The normalized spacial score (nSPS) is 12.4. The molecule has 0 aliphatic heterocycles. The number of likely N-dealkylation sites (N-methyl/N-ethyl adjacent to an activating group) is 1. The van der Waals surface area contributed by atoms with Gasteiger partial charge in [0.2, 0.25) is 0 Å². The van der Waals surface area contributed by atoms with E-state index in [4.69, 9.17) is 23.2 Å². The molecule has 106 valence electrons.